The Morgan fingerprint density at radius 2 is 1.52 bits per heavy atom. The average Bonchev–Trinajstić information content (AvgIpc) is 3.19. The fraction of sp³-hybridized carbons (Fsp3) is 0.371. The van der Waals surface area contributed by atoms with Gasteiger partial charge in [-0.3, -0.25) is 14.5 Å². The average molecular weight is 539 g/mol. The maximum Gasteiger partial charge on any atom is 0.300 e. The summed E-state index contributed by atoms with van der Waals surface area (Å²) in [7, 11) is 0. The van der Waals surface area contributed by atoms with E-state index in [4.69, 9.17) is 0 Å². The Hall–Kier alpha value is -3.86. The monoisotopic (exact) mass is 538 g/mol. The molecule has 3 aromatic carbocycles. The highest BCUT2D eigenvalue weighted by molar-refractivity contribution is 6.51. The molecular weight excluding hydrogens is 496 g/mol. The smallest absolute Gasteiger partial charge is 0.300 e. The third kappa shape index (κ3) is 5.42. The quantitative estimate of drug-likeness (QED) is 0.189. The highest BCUT2D eigenvalue weighted by atomic mass is 16.3. The molecule has 0 aliphatic carbocycles. The van der Waals surface area contributed by atoms with Crippen molar-refractivity contribution in [3.05, 3.63) is 100 Å². The summed E-state index contributed by atoms with van der Waals surface area (Å²) in [6, 6.07) is 20.9. The maximum absolute atomic E-state index is 13.7. The van der Waals surface area contributed by atoms with Crippen molar-refractivity contribution in [1.29, 1.82) is 0 Å². The van der Waals surface area contributed by atoms with E-state index in [9.17, 15) is 14.7 Å². The number of ketones is 1. The van der Waals surface area contributed by atoms with Crippen LogP contribution in [-0.2, 0) is 15.0 Å². The lowest BCUT2D eigenvalue weighted by Gasteiger charge is -2.27. The zero-order valence-electron chi connectivity index (χ0n) is 25.1. The van der Waals surface area contributed by atoms with Gasteiger partial charge in [0.2, 0.25) is 0 Å². The van der Waals surface area contributed by atoms with Gasteiger partial charge in [-0.15, -0.1) is 0 Å². The van der Waals surface area contributed by atoms with Crippen LogP contribution < -0.4 is 9.80 Å². The van der Waals surface area contributed by atoms with Crippen molar-refractivity contribution in [2.24, 2.45) is 0 Å². The first kappa shape index (κ1) is 29.1. The number of aryl methyl sites for hydroxylation is 1. The molecule has 0 radical (unpaired) electrons. The second kappa shape index (κ2) is 11.3. The molecule has 210 valence electrons. The third-order valence-corrected chi connectivity index (χ3v) is 7.98. The van der Waals surface area contributed by atoms with Gasteiger partial charge in [-0.05, 0) is 84.7 Å². The van der Waals surface area contributed by atoms with E-state index in [1.54, 1.807) is 0 Å². The lowest BCUT2D eigenvalue weighted by molar-refractivity contribution is -0.132. The summed E-state index contributed by atoms with van der Waals surface area (Å²) in [5.41, 5.74) is 6.04. The van der Waals surface area contributed by atoms with Gasteiger partial charge in [0.25, 0.3) is 11.7 Å². The molecule has 40 heavy (non-hydrogen) atoms. The lowest BCUT2D eigenvalue weighted by atomic mass is 9.84. The van der Waals surface area contributed by atoms with Crippen molar-refractivity contribution in [1.82, 2.24) is 0 Å². The number of carbonyl (C=O) groups is 2. The summed E-state index contributed by atoms with van der Waals surface area (Å²) in [6.07, 6.45) is 0. The zero-order chi connectivity index (χ0) is 29.4. The van der Waals surface area contributed by atoms with E-state index >= 15 is 0 Å². The maximum atomic E-state index is 13.7. The molecule has 0 bridgehead atoms. The topological polar surface area (TPSA) is 60.9 Å². The second-order valence-corrected chi connectivity index (χ2v) is 12.0. The van der Waals surface area contributed by atoms with Gasteiger partial charge in [0.1, 0.15) is 5.76 Å². The fourth-order valence-electron chi connectivity index (χ4n) is 5.38. The number of aliphatic hydroxyl groups excluding tert-OH is 1. The first-order valence-corrected chi connectivity index (χ1v) is 14.3. The molecule has 0 aromatic heterocycles. The van der Waals surface area contributed by atoms with E-state index in [0.717, 1.165) is 41.0 Å². The van der Waals surface area contributed by atoms with Gasteiger partial charge in [-0.1, -0.05) is 71.0 Å². The molecule has 1 unspecified atom stereocenters. The molecule has 5 heteroatoms. The number of hydrogen-bond acceptors (Lipinski definition) is 4. The Labute approximate surface area is 239 Å². The number of carbonyl (C=O) groups excluding carboxylic acids is 2. The van der Waals surface area contributed by atoms with E-state index < -0.39 is 17.7 Å². The van der Waals surface area contributed by atoms with Gasteiger partial charge in [0, 0.05) is 30.0 Å². The molecule has 1 atom stereocenters. The molecule has 1 fully saturated rings. The Morgan fingerprint density at radius 1 is 0.925 bits per heavy atom. The number of aliphatic hydroxyl groups is 1. The number of benzene rings is 3. The van der Waals surface area contributed by atoms with Gasteiger partial charge in [-0.25, -0.2) is 0 Å². The van der Waals surface area contributed by atoms with E-state index in [0.29, 0.717) is 17.2 Å². The van der Waals surface area contributed by atoms with Crippen molar-refractivity contribution >= 4 is 28.8 Å². The van der Waals surface area contributed by atoms with Gasteiger partial charge in [0.05, 0.1) is 11.6 Å². The van der Waals surface area contributed by atoms with Crippen LogP contribution in [0.5, 0.6) is 0 Å². The lowest BCUT2D eigenvalue weighted by Crippen LogP contribution is -2.29. The highest BCUT2D eigenvalue weighted by Gasteiger charge is 2.47. The van der Waals surface area contributed by atoms with Crippen molar-refractivity contribution < 1.29 is 14.7 Å². The minimum atomic E-state index is -0.756. The summed E-state index contributed by atoms with van der Waals surface area (Å²) in [5, 5.41) is 11.8. The molecule has 3 aromatic rings. The Kier molecular flexibility index (Phi) is 8.25. The fourth-order valence-corrected chi connectivity index (χ4v) is 5.38. The SMILES string of the molecule is CCN(CC)c1ccc(C2/C(=C(\O)c3cc(C(C)(C)C)ccc3C)C(=O)C(=O)N2c2ccc(C(C)C)cc2)cc1. The van der Waals surface area contributed by atoms with Crippen LogP contribution in [0.2, 0.25) is 0 Å². The Balaban J connectivity index is 1.93. The summed E-state index contributed by atoms with van der Waals surface area (Å²) < 4.78 is 0. The predicted octanol–water partition coefficient (Wildman–Crippen LogP) is 7.89. The summed E-state index contributed by atoms with van der Waals surface area (Å²) in [4.78, 5) is 31.1. The number of amides is 1. The van der Waals surface area contributed by atoms with Gasteiger partial charge < -0.3 is 10.0 Å². The van der Waals surface area contributed by atoms with E-state index in [1.165, 1.54) is 4.90 Å². The van der Waals surface area contributed by atoms with E-state index in [2.05, 4.69) is 53.4 Å². The number of Topliss-reactive ketones (excluding diaryl/α,β-unsaturated/α-hetero) is 1. The number of hydrogen-bond donors (Lipinski definition) is 1. The van der Waals surface area contributed by atoms with Crippen molar-refractivity contribution in [2.75, 3.05) is 22.9 Å². The third-order valence-electron chi connectivity index (χ3n) is 7.98. The molecule has 1 saturated heterocycles. The number of anilines is 2. The van der Waals surface area contributed by atoms with Crippen molar-refractivity contribution in [2.45, 2.75) is 72.8 Å². The molecular formula is C35H42N2O3. The molecule has 0 saturated carbocycles. The number of nitrogens with zero attached hydrogens (tertiary/aromatic N) is 2. The standard InChI is InChI=1S/C35H42N2O3/c1-9-36(10-2)27-17-14-25(15-18-27)31-30(32(38)29-21-26(35(6,7)8)16-11-23(29)5)33(39)34(40)37(31)28-19-12-24(13-20-28)22(3)4/h11-22,31,38H,9-10H2,1-8H3/b32-30+. The van der Waals surface area contributed by atoms with Crippen LogP contribution in [0.4, 0.5) is 11.4 Å². The largest absolute Gasteiger partial charge is 0.507 e. The van der Waals surface area contributed by atoms with Crippen LogP contribution >= 0.6 is 0 Å². The molecule has 1 heterocycles. The summed E-state index contributed by atoms with van der Waals surface area (Å²) >= 11 is 0. The number of rotatable bonds is 7. The summed E-state index contributed by atoms with van der Waals surface area (Å²) in [6.45, 7) is 18.5. The van der Waals surface area contributed by atoms with Crippen LogP contribution in [0, 0.1) is 6.92 Å². The summed E-state index contributed by atoms with van der Waals surface area (Å²) in [5.74, 6) is -1.11. The molecule has 1 aliphatic heterocycles. The molecule has 1 aliphatic rings. The first-order valence-electron chi connectivity index (χ1n) is 14.3. The normalized spacial score (nSPS) is 17.1. The minimum absolute atomic E-state index is 0.114. The minimum Gasteiger partial charge on any atom is -0.507 e. The van der Waals surface area contributed by atoms with E-state index in [-0.39, 0.29) is 16.7 Å². The molecule has 1 amide bonds. The van der Waals surface area contributed by atoms with Gasteiger partial charge in [-0.2, -0.15) is 0 Å². The second-order valence-electron chi connectivity index (χ2n) is 12.0. The van der Waals surface area contributed by atoms with Crippen LogP contribution in [-0.4, -0.2) is 29.9 Å². The van der Waals surface area contributed by atoms with Crippen LogP contribution in [0.1, 0.15) is 88.2 Å². The predicted molar refractivity (Wildman–Crippen MR) is 165 cm³/mol. The molecule has 5 nitrogen and oxygen atoms in total. The van der Waals surface area contributed by atoms with Gasteiger partial charge in [0.15, 0.2) is 0 Å². The molecule has 0 spiro atoms. The zero-order valence-corrected chi connectivity index (χ0v) is 25.1. The molecule has 4 rings (SSSR count). The van der Waals surface area contributed by atoms with Crippen molar-refractivity contribution in [3.8, 4) is 0 Å². The molecule has 1 N–H and O–H groups in total. The Morgan fingerprint density at radius 3 is 2.05 bits per heavy atom. The first-order chi connectivity index (χ1) is 18.9. The van der Waals surface area contributed by atoms with Gasteiger partial charge >= 0.3 is 0 Å². The van der Waals surface area contributed by atoms with Crippen LogP contribution in [0.3, 0.4) is 0 Å². The van der Waals surface area contributed by atoms with E-state index in [1.807, 2.05) is 73.7 Å². The van der Waals surface area contributed by atoms with Crippen molar-refractivity contribution in [3.63, 3.8) is 0 Å². The highest BCUT2D eigenvalue weighted by Crippen LogP contribution is 2.43. The Bertz CT molecular complexity index is 1420. The van der Waals surface area contributed by atoms with Crippen LogP contribution in [0.15, 0.2) is 72.3 Å². The van der Waals surface area contributed by atoms with Crippen LogP contribution in [0.25, 0.3) is 5.76 Å².